The van der Waals surface area contributed by atoms with E-state index in [1.807, 2.05) is 55.5 Å². The van der Waals surface area contributed by atoms with E-state index in [4.69, 9.17) is 9.47 Å². The first-order valence-electron chi connectivity index (χ1n) is 8.17. The van der Waals surface area contributed by atoms with Gasteiger partial charge in [0.25, 0.3) is 5.91 Å². The van der Waals surface area contributed by atoms with Crippen LogP contribution in [-0.4, -0.2) is 37.0 Å². The number of hydrogen-bond donors (Lipinski definition) is 1. The summed E-state index contributed by atoms with van der Waals surface area (Å²) < 4.78 is 10.6. The Labute approximate surface area is 147 Å². The Hall–Kier alpha value is -3.02. The predicted molar refractivity (Wildman–Crippen MR) is 97.1 cm³/mol. The van der Waals surface area contributed by atoms with Crippen LogP contribution in [0.5, 0.6) is 11.5 Å². The molecule has 1 aliphatic heterocycles. The van der Waals surface area contributed by atoms with E-state index in [1.54, 1.807) is 12.0 Å². The third kappa shape index (κ3) is 4.09. The van der Waals surface area contributed by atoms with Gasteiger partial charge in [-0.15, -0.1) is 0 Å². The van der Waals surface area contributed by atoms with Crippen LogP contribution in [-0.2, 0) is 11.3 Å². The number of benzene rings is 2. The van der Waals surface area contributed by atoms with E-state index in [-0.39, 0.29) is 12.5 Å². The monoisotopic (exact) mass is 339 g/mol. The number of ether oxygens (including phenoxy) is 2. The van der Waals surface area contributed by atoms with E-state index < -0.39 is 0 Å². The molecule has 0 atom stereocenters. The summed E-state index contributed by atoms with van der Waals surface area (Å²) in [6.07, 6.45) is 0. The third-order valence-corrected chi connectivity index (χ3v) is 3.84. The molecule has 0 radical (unpaired) electrons. The Balaban J connectivity index is 1.68. The zero-order chi connectivity index (χ0) is 17.6. The van der Waals surface area contributed by atoms with Crippen molar-refractivity contribution in [3.63, 3.8) is 0 Å². The van der Waals surface area contributed by atoms with Gasteiger partial charge in [-0.25, -0.2) is 4.99 Å². The minimum atomic E-state index is -0.0238. The number of hydrogen-bond acceptors (Lipinski definition) is 5. The number of rotatable bonds is 6. The number of nitrogens with one attached hydrogen (secondary N) is 1. The van der Waals surface area contributed by atoms with Crippen molar-refractivity contribution in [2.75, 3.05) is 25.6 Å². The summed E-state index contributed by atoms with van der Waals surface area (Å²) >= 11 is 0. The van der Waals surface area contributed by atoms with E-state index in [1.165, 1.54) is 0 Å². The molecular weight excluding hydrogens is 318 g/mol. The Morgan fingerprint density at radius 1 is 1.08 bits per heavy atom. The predicted octanol–water partition coefficient (Wildman–Crippen LogP) is 2.90. The van der Waals surface area contributed by atoms with Gasteiger partial charge in [0.2, 0.25) is 5.96 Å². The molecule has 6 nitrogen and oxygen atoms in total. The Morgan fingerprint density at radius 3 is 2.40 bits per heavy atom. The van der Waals surface area contributed by atoms with Crippen LogP contribution < -0.4 is 14.8 Å². The molecule has 2 aromatic carbocycles. The molecule has 25 heavy (non-hydrogen) atoms. The molecule has 0 aliphatic carbocycles. The molecule has 0 saturated heterocycles. The van der Waals surface area contributed by atoms with Gasteiger partial charge in [-0.2, -0.15) is 0 Å². The zero-order valence-electron chi connectivity index (χ0n) is 14.4. The quantitative estimate of drug-likeness (QED) is 0.879. The van der Waals surface area contributed by atoms with Crippen LogP contribution in [0.1, 0.15) is 12.5 Å². The standard InChI is InChI=1S/C19H21N3O3/c1-3-25-17-10-6-15(7-11-17)21-19-20-12-18(23)22(19)13-14-4-8-16(24-2)9-5-14/h4-11H,3,12-13H2,1-2H3,(H,20,21). The van der Waals surface area contributed by atoms with E-state index in [2.05, 4.69) is 10.3 Å². The lowest BCUT2D eigenvalue weighted by Gasteiger charge is -2.20. The van der Waals surface area contributed by atoms with Gasteiger partial charge < -0.3 is 14.8 Å². The van der Waals surface area contributed by atoms with Crippen molar-refractivity contribution < 1.29 is 14.3 Å². The highest BCUT2D eigenvalue weighted by atomic mass is 16.5. The normalized spacial score (nSPS) is 13.6. The van der Waals surface area contributed by atoms with E-state index in [9.17, 15) is 4.79 Å². The summed E-state index contributed by atoms with van der Waals surface area (Å²) in [5, 5.41) is 3.21. The van der Waals surface area contributed by atoms with Gasteiger partial charge >= 0.3 is 0 Å². The maximum atomic E-state index is 12.2. The molecule has 1 heterocycles. The Morgan fingerprint density at radius 2 is 1.76 bits per heavy atom. The number of guanidine groups is 1. The first-order chi connectivity index (χ1) is 12.2. The third-order valence-electron chi connectivity index (χ3n) is 3.84. The number of nitrogens with zero attached hydrogens (tertiary/aromatic N) is 2. The lowest BCUT2D eigenvalue weighted by molar-refractivity contribution is -0.125. The second-order valence-electron chi connectivity index (χ2n) is 5.55. The molecule has 1 N–H and O–H groups in total. The highest BCUT2D eigenvalue weighted by Gasteiger charge is 2.25. The molecule has 6 heteroatoms. The van der Waals surface area contributed by atoms with Crippen LogP contribution in [0.15, 0.2) is 53.5 Å². The fraction of sp³-hybridized carbons (Fsp3) is 0.263. The lowest BCUT2D eigenvalue weighted by atomic mass is 10.2. The molecule has 3 rings (SSSR count). The molecule has 0 spiro atoms. The second-order valence-corrected chi connectivity index (χ2v) is 5.55. The Kier molecular flexibility index (Phi) is 5.18. The summed E-state index contributed by atoms with van der Waals surface area (Å²) in [5.41, 5.74) is 1.87. The van der Waals surface area contributed by atoms with Crippen molar-refractivity contribution in [3.8, 4) is 11.5 Å². The Bertz CT molecular complexity index is 754. The van der Waals surface area contributed by atoms with Gasteiger partial charge in [0.05, 0.1) is 20.3 Å². The summed E-state index contributed by atoms with van der Waals surface area (Å²) in [6, 6.07) is 15.2. The van der Waals surface area contributed by atoms with Crippen molar-refractivity contribution in [2.24, 2.45) is 4.99 Å². The highest BCUT2D eigenvalue weighted by molar-refractivity contribution is 6.08. The highest BCUT2D eigenvalue weighted by Crippen LogP contribution is 2.19. The van der Waals surface area contributed by atoms with Crippen LogP contribution in [0, 0.1) is 0 Å². The molecule has 130 valence electrons. The van der Waals surface area contributed by atoms with Crippen molar-refractivity contribution in [1.82, 2.24) is 4.90 Å². The molecule has 0 unspecified atom stereocenters. The number of aliphatic imine (C=N–C) groups is 1. The topological polar surface area (TPSA) is 63.2 Å². The number of methoxy groups -OCH3 is 1. The smallest absolute Gasteiger partial charge is 0.251 e. The molecule has 1 amide bonds. The van der Waals surface area contributed by atoms with Gasteiger partial charge in [0.15, 0.2) is 0 Å². The van der Waals surface area contributed by atoms with E-state index in [0.29, 0.717) is 19.1 Å². The summed E-state index contributed by atoms with van der Waals surface area (Å²) in [4.78, 5) is 18.1. The number of carbonyl (C=O) groups is 1. The van der Waals surface area contributed by atoms with Crippen molar-refractivity contribution >= 4 is 17.6 Å². The number of carbonyl (C=O) groups excluding carboxylic acids is 1. The van der Waals surface area contributed by atoms with Crippen LogP contribution >= 0.6 is 0 Å². The molecule has 0 bridgehead atoms. The van der Waals surface area contributed by atoms with Crippen LogP contribution in [0.2, 0.25) is 0 Å². The molecule has 1 aliphatic rings. The van der Waals surface area contributed by atoms with Gasteiger partial charge in [0, 0.05) is 5.69 Å². The largest absolute Gasteiger partial charge is 0.497 e. The van der Waals surface area contributed by atoms with Crippen LogP contribution in [0.25, 0.3) is 0 Å². The fourth-order valence-electron chi connectivity index (χ4n) is 2.55. The van der Waals surface area contributed by atoms with Gasteiger partial charge in [-0.05, 0) is 48.9 Å². The zero-order valence-corrected chi connectivity index (χ0v) is 14.4. The fourth-order valence-corrected chi connectivity index (χ4v) is 2.55. The maximum Gasteiger partial charge on any atom is 0.251 e. The maximum absolute atomic E-state index is 12.2. The van der Waals surface area contributed by atoms with Gasteiger partial charge in [0.1, 0.15) is 18.0 Å². The summed E-state index contributed by atoms with van der Waals surface area (Å²) in [7, 11) is 1.63. The lowest BCUT2D eigenvalue weighted by Crippen LogP contribution is -2.36. The first kappa shape index (κ1) is 16.8. The number of anilines is 1. The van der Waals surface area contributed by atoms with E-state index >= 15 is 0 Å². The minimum absolute atomic E-state index is 0.0238. The number of amides is 1. The van der Waals surface area contributed by atoms with Gasteiger partial charge in [-0.1, -0.05) is 12.1 Å². The average Bonchev–Trinajstić information content (AvgIpc) is 2.97. The van der Waals surface area contributed by atoms with E-state index in [0.717, 1.165) is 22.7 Å². The van der Waals surface area contributed by atoms with Crippen LogP contribution in [0.3, 0.4) is 0 Å². The SMILES string of the molecule is CCOc1ccc(NC2=NCC(=O)N2Cc2ccc(OC)cc2)cc1. The summed E-state index contributed by atoms with van der Waals surface area (Å²) in [5.74, 6) is 2.14. The second kappa shape index (κ2) is 7.70. The van der Waals surface area contributed by atoms with Gasteiger partial charge in [-0.3, -0.25) is 9.69 Å². The van der Waals surface area contributed by atoms with Crippen molar-refractivity contribution in [1.29, 1.82) is 0 Å². The van der Waals surface area contributed by atoms with Crippen molar-refractivity contribution in [2.45, 2.75) is 13.5 Å². The average molecular weight is 339 g/mol. The first-order valence-corrected chi connectivity index (χ1v) is 8.17. The minimum Gasteiger partial charge on any atom is -0.497 e. The molecule has 0 saturated carbocycles. The molecule has 0 fully saturated rings. The molecular formula is C19H21N3O3. The summed E-state index contributed by atoms with van der Waals surface area (Å²) in [6.45, 7) is 3.20. The van der Waals surface area contributed by atoms with Crippen LogP contribution in [0.4, 0.5) is 5.69 Å². The molecule has 2 aromatic rings. The van der Waals surface area contributed by atoms with Crippen molar-refractivity contribution in [3.05, 3.63) is 54.1 Å². The molecule has 0 aromatic heterocycles.